The van der Waals surface area contributed by atoms with Crippen molar-refractivity contribution in [3.63, 3.8) is 0 Å². The number of thiophene rings is 1. The van der Waals surface area contributed by atoms with Gasteiger partial charge in [0.05, 0.1) is 15.9 Å². The number of carbonyl (C=O) groups is 3. The predicted octanol–water partition coefficient (Wildman–Crippen LogP) is 6.80. The minimum absolute atomic E-state index is 0.0272. The Kier molecular flexibility index (Phi) is 7.62. The number of carboxylic acid groups (broad SMARTS) is 2. The summed E-state index contributed by atoms with van der Waals surface area (Å²) in [5.41, 5.74) is 0.937. The molecule has 0 atom stereocenters. The Balaban J connectivity index is 1.68. The van der Waals surface area contributed by atoms with E-state index >= 15 is 0 Å². The van der Waals surface area contributed by atoms with Crippen molar-refractivity contribution < 1.29 is 24.6 Å². The van der Waals surface area contributed by atoms with Gasteiger partial charge in [0.2, 0.25) is 5.91 Å². The van der Waals surface area contributed by atoms with Crippen molar-refractivity contribution in [2.24, 2.45) is 5.41 Å². The van der Waals surface area contributed by atoms with Crippen LogP contribution in [0, 0.1) is 5.41 Å². The first kappa shape index (κ1) is 25.4. The quantitative estimate of drug-likeness (QED) is 0.301. The van der Waals surface area contributed by atoms with Crippen LogP contribution in [0.2, 0.25) is 0 Å². The van der Waals surface area contributed by atoms with Crippen molar-refractivity contribution in [1.29, 1.82) is 0 Å². The number of aromatic carboxylic acids is 1. The number of fused-ring (bicyclic) bond motifs is 1. The van der Waals surface area contributed by atoms with Gasteiger partial charge in [-0.1, -0.05) is 44.0 Å². The SMILES string of the molecule is CCCC(=O)N(Cc1ccc2sc(-c3ccccc3C(=O)O)c(Br)c2c1)CC1(C(=O)O)CCCC1. The van der Waals surface area contributed by atoms with Crippen molar-refractivity contribution in [2.75, 3.05) is 6.54 Å². The third kappa shape index (κ3) is 5.14. The summed E-state index contributed by atoms with van der Waals surface area (Å²) >= 11 is 5.20. The molecule has 1 heterocycles. The molecule has 0 radical (unpaired) electrons. The van der Waals surface area contributed by atoms with Crippen LogP contribution in [0.15, 0.2) is 46.9 Å². The van der Waals surface area contributed by atoms with Crippen LogP contribution in [-0.4, -0.2) is 39.5 Å². The van der Waals surface area contributed by atoms with E-state index in [0.717, 1.165) is 37.8 Å². The van der Waals surface area contributed by atoms with Gasteiger partial charge in [-0.3, -0.25) is 9.59 Å². The fourth-order valence-corrected chi connectivity index (χ4v) is 6.97. The van der Waals surface area contributed by atoms with E-state index in [4.69, 9.17) is 0 Å². The maximum atomic E-state index is 13.0. The van der Waals surface area contributed by atoms with E-state index in [2.05, 4.69) is 15.9 Å². The molecule has 1 aromatic heterocycles. The molecule has 8 heteroatoms. The van der Waals surface area contributed by atoms with Gasteiger partial charge in [-0.2, -0.15) is 0 Å². The molecular formula is C27H28BrNO5S. The number of amides is 1. The molecule has 0 aliphatic heterocycles. The van der Waals surface area contributed by atoms with Gasteiger partial charge in [-0.25, -0.2) is 4.79 Å². The molecule has 1 fully saturated rings. The van der Waals surface area contributed by atoms with Gasteiger partial charge < -0.3 is 15.1 Å². The maximum absolute atomic E-state index is 13.0. The fourth-order valence-electron chi connectivity index (χ4n) is 4.94. The second-order valence-corrected chi connectivity index (χ2v) is 11.1. The second kappa shape index (κ2) is 10.5. The molecule has 1 saturated carbocycles. The Morgan fingerprint density at radius 3 is 2.46 bits per heavy atom. The number of carbonyl (C=O) groups excluding carboxylic acids is 1. The lowest BCUT2D eigenvalue weighted by molar-refractivity contribution is -0.151. The molecule has 184 valence electrons. The summed E-state index contributed by atoms with van der Waals surface area (Å²) in [5.74, 6) is -1.82. The van der Waals surface area contributed by atoms with E-state index in [0.29, 0.717) is 37.8 Å². The van der Waals surface area contributed by atoms with Gasteiger partial charge in [-0.05, 0) is 59.0 Å². The summed E-state index contributed by atoms with van der Waals surface area (Å²) in [6.45, 7) is 2.51. The van der Waals surface area contributed by atoms with Crippen molar-refractivity contribution >= 4 is 55.2 Å². The van der Waals surface area contributed by atoms with E-state index in [9.17, 15) is 24.6 Å². The van der Waals surface area contributed by atoms with E-state index < -0.39 is 17.4 Å². The van der Waals surface area contributed by atoms with Gasteiger partial charge in [-0.15, -0.1) is 11.3 Å². The lowest BCUT2D eigenvalue weighted by Gasteiger charge is -2.32. The summed E-state index contributed by atoms with van der Waals surface area (Å²) in [6.07, 6.45) is 4.03. The highest BCUT2D eigenvalue weighted by Crippen LogP contribution is 2.44. The van der Waals surface area contributed by atoms with Gasteiger partial charge in [0.15, 0.2) is 0 Å². The largest absolute Gasteiger partial charge is 0.481 e. The first-order valence-corrected chi connectivity index (χ1v) is 13.4. The number of carboxylic acids is 2. The van der Waals surface area contributed by atoms with Crippen LogP contribution in [0.25, 0.3) is 20.5 Å². The number of rotatable bonds is 9. The van der Waals surface area contributed by atoms with E-state index in [1.807, 2.05) is 31.2 Å². The Morgan fingerprint density at radius 1 is 1.09 bits per heavy atom. The molecule has 2 N–H and O–H groups in total. The van der Waals surface area contributed by atoms with Crippen LogP contribution >= 0.6 is 27.3 Å². The zero-order chi connectivity index (χ0) is 25.2. The Morgan fingerprint density at radius 2 is 1.80 bits per heavy atom. The molecule has 35 heavy (non-hydrogen) atoms. The summed E-state index contributed by atoms with van der Waals surface area (Å²) in [5, 5.41) is 20.5. The fraction of sp³-hybridized carbons (Fsp3) is 0.370. The average molecular weight is 558 g/mol. The minimum Gasteiger partial charge on any atom is -0.481 e. The van der Waals surface area contributed by atoms with Crippen LogP contribution in [0.1, 0.15) is 61.4 Å². The number of aliphatic carboxylic acids is 1. The Hall–Kier alpha value is -2.71. The summed E-state index contributed by atoms with van der Waals surface area (Å²) in [6, 6.07) is 12.9. The highest BCUT2D eigenvalue weighted by atomic mass is 79.9. The molecule has 0 unspecified atom stereocenters. The Labute approximate surface area is 216 Å². The predicted molar refractivity (Wildman–Crippen MR) is 141 cm³/mol. The molecular weight excluding hydrogens is 530 g/mol. The lowest BCUT2D eigenvalue weighted by Crippen LogP contribution is -2.43. The molecule has 6 nitrogen and oxygen atoms in total. The zero-order valence-corrected chi connectivity index (χ0v) is 22.0. The van der Waals surface area contributed by atoms with Crippen molar-refractivity contribution in [3.05, 3.63) is 58.1 Å². The molecule has 0 spiro atoms. The van der Waals surface area contributed by atoms with Crippen LogP contribution in [-0.2, 0) is 16.1 Å². The highest BCUT2D eigenvalue weighted by Gasteiger charge is 2.43. The molecule has 4 rings (SSSR count). The van der Waals surface area contributed by atoms with Gasteiger partial charge in [0, 0.05) is 39.6 Å². The second-order valence-electron chi connectivity index (χ2n) is 9.22. The summed E-state index contributed by atoms with van der Waals surface area (Å²) < 4.78 is 1.82. The van der Waals surface area contributed by atoms with E-state index in [-0.39, 0.29) is 18.0 Å². The van der Waals surface area contributed by atoms with Crippen molar-refractivity contribution in [3.8, 4) is 10.4 Å². The molecule has 2 aromatic carbocycles. The van der Waals surface area contributed by atoms with Crippen molar-refractivity contribution in [1.82, 2.24) is 4.90 Å². The van der Waals surface area contributed by atoms with Crippen LogP contribution in [0.4, 0.5) is 0 Å². The maximum Gasteiger partial charge on any atom is 0.336 e. The summed E-state index contributed by atoms with van der Waals surface area (Å²) in [4.78, 5) is 39.4. The van der Waals surface area contributed by atoms with Gasteiger partial charge in [0.25, 0.3) is 0 Å². The lowest BCUT2D eigenvalue weighted by atomic mass is 9.85. The molecule has 0 saturated heterocycles. The first-order chi connectivity index (χ1) is 16.8. The number of benzene rings is 2. The minimum atomic E-state index is -0.977. The smallest absolute Gasteiger partial charge is 0.336 e. The molecule has 1 aliphatic carbocycles. The first-order valence-electron chi connectivity index (χ1n) is 11.8. The van der Waals surface area contributed by atoms with Crippen LogP contribution in [0.3, 0.4) is 0 Å². The molecule has 3 aromatic rings. The van der Waals surface area contributed by atoms with Crippen molar-refractivity contribution in [2.45, 2.75) is 52.0 Å². The third-order valence-corrected chi connectivity index (χ3v) is 9.08. The number of halogens is 1. The highest BCUT2D eigenvalue weighted by molar-refractivity contribution is 9.10. The summed E-state index contributed by atoms with van der Waals surface area (Å²) in [7, 11) is 0. The van der Waals surface area contributed by atoms with Gasteiger partial charge in [0.1, 0.15) is 0 Å². The van der Waals surface area contributed by atoms with Crippen LogP contribution in [0.5, 0.6) is 0 Å². The molecule has 1 amide bonds. The van der Waals surface area contributed by atoms with Gasteiger partial charge >= 0.3 is 11.9 Å². The standard InChI is InChI=1S/C27H28BrNO5S/c1-2-7-22(30)29(16-27(26(33)34)12-5-6-13-27)15-17-10-11-21-20(14-17)23(28)24(35-21)18-8-3-4-9-19(18)25(31)32/h3-4,8-11,14H,2,5-7,12-13,15-16H2,1H3,(H,31,32)(H,33,34). The topological polar surface area (TPSA) is 94.9 Å². The monoisotopic (exact) mass is 557 g/mol. The average Bonchev–Trinajstić information content (AvgIpc) is 3.44. The van der Waals surface area contributed by atoms with E-state index in [1.165, 1.54) is 11.3 Å². The molecule has 1 aliphatic rings. The number of hydrogen-bond acceptors (Lipinski definition) is 4. The molecule has 0 bridgehead atoms. The number of hydrogen-bond donors (Lipinski definition) is 2. The number of nitrogens with zero attached hydrogens (tertiary/aromatic N) is 1. The zero-order valence-electron chi connectivity index (χ0n) is 19.6. The van der Waals surface area contributed by atoms with E-state index in [1.54, 1.807) is 23.1 Å². The van der Waals surface area contributed by atoms with Crippen LogP contribution < -0.4 is 0 Å². The normalized spacial score (nSPS) is 14.8. The third-order valence-electron chi connectivity index (χ3n) is 6.79. The Bertz CT molecular complexity index is 1280.